The number of para-hydroxylation sites is 1. The summed E-state index contributed by atoms with van der Waals surface area (Å²) in [5.41, 5.74) is -0.897. The van der Waals surface area contributed by atoms with E-state index in [0.717, 1.165) is 18.2 Å². The molecule has 0 bridgehead atoms. The van der Waals surface area contributed by atoms with Gasteiger partial charge in [0.1, 0.15) is 17.2 Å². The Hall–Kier alpha value is -3.02. The van der Waals surface area contributed by atoms with Gasteiger partial charge in [0, 0.05) is 5.69 Å². The first kappa shape index (κ1) is 14.9. The molecular weight excluding hydrogens is 302 g/mol. The van der Waals surface area contributed by atoms with Crippen LogP contribution in [-0.2, 0) is 0 Å². The van der Waals surface area contributed by atoms with Crippen LogP contribution in [0, 0.1) is 18.6 Å². The van der Waals surface area contributed by atoms with E-state index in [1.807, 2.05) is 0 Å². The van der Waals surface area contributed by atoms with Crippen LogP contribution in [-0.4, -0.2) is 15.6 Å². The van der Waals surface area contributed by atoms with Crippen LogP contribution in [0.15, 0.2) is 53.3 Å². The number of nitrogens with zero attached hydrogens (tertiary/aromatic N) is 1. The Kier molecular flexibility index (Phi) is 3.65. The third kappa shape index (κ3) is 2.48. The van der Waals surface area contributed by atoms with Crippen molar-refractivity contribution in [2.75, 3.05) is 0 Å². The van der Waals surface area contributed by atoms with Gasteiger partial charge in [0.2, 0.25) is 5.78 Å². The maximum atomic E-state index is 13.8. The molecule has 4 nitrogen and oxygen atoms in total. The second-order valence-corrected chi connectivity index (χ2v) is 5.01. The SMILES string of the molecule is Cc1[nH]n(-c2ccccc2)c(=O)c1C(=O)c1c(F)cccc1F. The van der Waals surface area contributed by atoms with Gasteiger partial charge in [0.25, 0.3) is 5.56 Å². The molecule has 1 heterocycles. The Labute approximate surface area is 130 Å². The summed E-state index contributed by atoms with van der Waals surface area (Å²) in [5, 5.41) is 2.76. The van der Waals surface area contributed by atoms with E-state index in [1.54, 1.807) is 30.3 Å². The summed E-state index contributed by atoms with van der Waals surface area (Å²) >= 11 is 0. The summed E-state index contributed by atoms with van der Waals surface area (Å²) < 4.78 is 28.8. The summed E-state index contributed by atoms with van der Waals surface area (Å²) in [7, 11) is 0. The highest BCUT2D eigenvalue weighted by atomic mass is 19.1. The summed E-state index contributed by atoms with van der Waals surface area (Å²) in [4.78, 5) is 25.0. The Bertz CT molecular complexity index is 923. The molecule has 3 rings (SSSR count). The van der Waals surface area contributed by atoms with Crippen molar-refractivity contribution in [3.63, 3.8) is 0 Å². The Morgan fingerprint density at radius 3 is 2.17 bits per heavy atom. The standard InChI is InChI=1S/C17H12F2N2O2/c1-10-14(16(22)15-12(18)8-5-9-13(15)19)17(23)21(20-10)11-6-3-2-4-7-11/h2-9,20H,1H3. The van der Waals surface area contributed by atoms with Gasteiger partial charge in [-0.3, -0.25) is 14.7 Å². The van der Waals surface area contributed by atoms with Gasteiger partial charge in [-0.1, -0.05) is 24.3 Å². The minimum atomic E-state index is -0.999. The highest BCUT2D eigenvalue weighted by molar-refractivity contribution is 6.09. The second-order valence-electron chi connectivity index (χ2n) is 5.01. The molecule has 1 aromatic heterocycles. The zero-order valence-corrected chi connectivity index (χ0v) is 12.1. The molecule has 0 saturated carbocycles. The molecule has 0 atom stereocenters. The molecule has 1 N–H and O–H groups in total. The molecule has 0 fully saturated rings. The second kappa shape index (κ2) is 5.64. The first-order chi connectivity index (χ1) is 11.0. The molecule has 0 aliphatic heterocycles. The van der Waals surface area contributed by atoms with E-state index in [-0.39, 0.29) is 11.3 Å². The van der Waals surface area contributed by atoms with Gasteiger partial charge in [-0.05, 0) is 31.2 Å². The van der Waals surface area contributed by atoms with Crippen LogP contribution in [0.25, 0.3) is 5.69 Å². The van der Waals surface area contributed by atoms with E-state index in [9.17, 15) is 18.4 Å². The summed E-state index contributed by atoms with van der Waals surface area (Å²) in [6.07, 6.45) is 0. The molecule has 0 saturated heterocycles. The van der Waals surface area contributed by atoms with Crippen molar-refractivity contribution in [2.24, 2.45) is 0 Å². The fourth-order valence-electron chi connectivity index (χ4n) is 2.41. The van der Waals surface area contributed by atoms with Crippen LogP contribution in [0.3, 0.4) is 0 Å². The van der Waals surface area contributed by atoms with Crippen molar-refractivity contribution in [3.05, 3.63) is 87.3 Å². The Morgan fingerprint density at radius 1 is 0.957 bits per heavy atom. The number of hydrogen-bond acceptors (Lipinski definition) is 2. The molecule has 2 aromatic carbocycles. The highest BCUT2D eigenvalue weighted by Crippen LogP contribution is 2.17. The fourth-order valence-corrected chi connectivity index (χ4v) is 2.41. The fraction of sp³-hybridized carbons (Fsp3) is 0.0588. The van der Waals surface area contributed by atoms with Crippen LogP contribution in [0.5, 0.6) is 0 Å². The quantitative estimate of drug-likeness (QED) is 0.756. The lowest BCUT2D eigenvalue weighted by Gasteiger charge is -2.02. The van der Waals surface area contributed by atoms with Gasteiger partial charge < -0.3 is 0 Å². The number of H-pyrrole nitrogens is 1. The maximum absolute atomic E-state index is 13.8. The van der Waals surface area contributed by atoms with Crippen LogP contribution in [0.1, 0.15) is 21.6 Å². The molecule has 3 aromatic rings. The summed E-state index contributed by atoms with van der Waals surface area (Å²) in [6, 6.07) is 11.7. The molecule has 23 heavy (non-hydrogen) atoms. The zero-order valence-electron chi connectivity index (χ0n) is 12.1. The van der Waals surface area contributed by atoms with E-state index in [4.69, 9.17) is 0 Å². The van der Waals surface area contributed by atoms with Crippen molar-refractivity contribution in [3.8, 4) is 5.69 Å². The lowest BCUT2D eigenvalue weighted by molar-refractivity contribution is 0.102. The van der Waals surface area contributed by atoms with E-state index < -0.39 is 28.5 Å². The lowest BCUT2D eigenvalue weighted by atomic mass is 10.0. The number of aromatic amines is 1. The van der Waals surface area contributed by atoms with Gasteiger partial charge in [-0.2, -0.15) is 0 Å². The maximum Gasteiger partial charge on any atom is 0.282 e. The van der Waals surface area contributed by atoms with Gasteiger partial charge in [-0.25, -0.2) is 13.5 Å². The van der Waals surface area contributed by atoms with Crippen LogP contribution >= 0.6 is 0 Å². The highest BCUT2D eigenvalue weighted by Gasteiger charge is 2.25. The van der Waals surface area contributed by atoms with Crippen LogP contribution in [0.2, 0.25) is 0 Å². The van der Waals surface area contributed by atoms with Crippen LogP contribution < -0.4 is 5.56 Å². The van der Waals surface area contributed by atoms with Crippen LogP contribution in [0.4, 0.5) is 8.78 Å². The first-order valence-corrected chi connectivity index (χ1v) is 6.86. The van der Waals surface area contributed by atoms with Gasteiger partial charge in [0.05, 0.1) is 11.3 Å². The van der Waals surface area contributed by atoms with Crippen molar-refractivity contribution in [1.82, 2.24) is 9.78 Å². The number of ketones is 1. The van der Waals surface area contributed by atoms with Crippen molar-refractivity contribution >= 4 is 5.78 Å². The number of halogens is 2. The van der Waals surface area contributed by atoms with Gasteiger partial charge >= 0.3 is 0 Å². The average molecular weight is 314 g/mol. The average Bonchev–Trinajstić information content (AvgIpc) is 2.82. The van der Waals surface area contributed by atoms with Gasteiger partial charge in [0.15, 0.2) is 0 Å². The number of carbonyl (C=O) groups excluding carboxylic acids is 1. The minimum absolute atomic E-state index is 0.242. The number of hydrogen-bond donors (Lipinski definition) is 1. The predicted molar refractivity (Wildman–Crippen MR) is 80.9 cm³/mol. The van der Waals surface area contributed by atoms with Crippen molar-refractivity contribution in [1.29, 1.82) is 0 Å². The van der Waals surface area contributed by atoms with Crippen molar-refractivity contribution < 1.29 is 13.6 Å². The van der Waals surface area contributed by atoms with Crippen molar-refractivity contribution in [2.45, 2.75) is 6.92 Å². The molecule has 116 valence electrons. The monoisotopic (exact) mass is 314 g/mol. The predicted octanol–water partition coefficient (Wildman–Crippen LogP) is 2.98. The number of benzene rings is 2. The topological polar surface area (TPSA) is 54.9 Å². The molecule has 0 unspecified atom stereocenters. The smallest absolute Gasteiger partial charge is 0.282 e. The van der Waals surface area contributed by atoms with E-state index in [2.05, 4.69) is 5.10 Å². The largest absolute Gasteiger partial charge is 0.295 e. The van der Waals surface area contributed by atoms with E-state index in [1.165, 1.54) is 11.6 Å². The van der Waals surface area contributed by atoms with E-state index >= 15 is 0 Å². The number of aryl methyl sites for hydroxylation is 1. The molecule has 0 aliphatic rings. The number of nitrogens with one attached hydrogen (secondary N) is 1. The summed E-state index contributed by atoms with van der Waals surface area (Å²) in [5.74, 6) is -2.98. The number of rotatable bonds is 3. The Balaban J connectivity index is 2.17. The lowest BCUT2D eigenvalue weighted by Crippen LogP contribution is -2.22. The Morgan fingerprint density at radius 2 is 1.57 bits per heavy atom. The third-order valence-corrected chi connectivity index (χ3v) is 3.50. The zero-order chi connectivity index (χ0) is 16.6. The summed E-state index contributed by atoms with van der Waals surface area (Å²) in [6.45, 7) is 1.51. The van der Waals surface area contributed by atoms with Gasteiger partial charge in [-0.15, -0.1) is 0 Å². The molecular formula is C17H12F2N2O2. The number of aromatic nitrogens is 2. The minimum Gasteiger partial charge on any atom is -0.295 e. The molecule has 0 radical (unpaired) electrons. The molecule has 0 amide bonds. The first-order valence-electron chi connectivity index (χ1n) is 6.86. The number of carbonyl (C=O) groups is 1. The van der Waals surface area contributed by atoms with E-state index in [0.29, 0.717) is 5.69 Å². The third-order valence-electron chi connectivity index (χ3n) is 3.50. The molecule has 0 aliphatic carbocycles. The molecule has 0 spiro atoms. The molecule has 6 heteroatoms. The normalized spacial score (nSPS) is 10.7.